The summed E-state index contributed by atoms with van der Waals surface area (Å²) in [5.41, 5.74) is -1.26. The van der Waals surface area contributed by atoms with Crippen molar-refractivity contribution in [2.45, 2.75) is 23.0 Å². The van der Waals surface area contributed by atoms with Crippen molar-refractivity contribution in [2.75, 3.05) is 6.61 Å². The molecule has 1 saturated carbocycles. The van der Waals surface area contributed by atoms with Crippen LogP contribution in [-0.2, 0) is 19.4 Å². The second-order valence-electron chi connectivity index (χ2n) is 6.15. The number of ether oxygens (including phenoxy) is 1. The summed E-state index contributed by atoms with van der Waals surface area (Å²) in [6.07, 6.45) is 0. The first kappa shape index (κ1) is 19.7. The number of esters is 1. The van der Waals surface area contributed by atoms with E-state index in [0.29, 0.717) is 15.6 Å². The zero-order valence-corrected chi connectivity index (χ0v) is 16.6. The van der Waals surface area contributed by atoms with E-state index < -0.39 is 32.4 Å². The van der Waals surface area contributed by atoms with Gasteiger partial charge in [-0.2, -0.15) is 5.26 Å². The highest BCUT2D eigenvalue weighted by atomic mass is 35.5. The number of carbonyl (C=O) groups is 1. The van der Waals surface area contributed by atoms with Crippen molar-refractivity contribution < 1.29 is 17.9 Å². The molecule has 0 radical (unpaired) electrons. The van der Waals surface area contributed by atoms with Gasteiger partial charge in [0.05, 0.1) is 17.6 Å². The van der Waals surface area contributed by atoms with Crippen LogP contribution < -0.4 is 0 Å². The van der Waals surface area contributed by atoms with Crippen molar-refractivity contribution in [1.29, 1.82) is 5.26 Å². The molecule has 0 heterocycles. The highest BCUT2D eigenvalue weighted by Crippen LogP contribution is 2.64. The molecule has 3 rings (SSSR count). The normalized spacial score (nSPS) is 24.1. The minimum atomic E-state index is -3.99. The first-order valence-electron chi connectivity index (χ1n) is 8.12. The van der Waals surface area contributed by atoms with Crippen LogP contribution in [0.4, 0.5) is 0 Å². The van der Waals surface area contributed by atoms with Crippen LogP contribution in [0.25, 0.3) is 0 Å². The molecule has 8 heteroatoms. The maximum Gasteiger partial charge on any atom is 0.328 e. The van der Waals surface area contributed by atoms with E-state index in [4.69, 9.17) is 27.9 Å². The van der Waals surface area contributed by atoms with Gasteiger partial charge in [0.25, 0.3) is 0 Å². The van der Waals surface area contributed by atoms with Crippen LogP contribution >= 0.6 is 23.2 Å². The standard InChI is InChI=1S/C19H15Cl2NO4S/c1-2-26-18(23)19(11-22)16(12-3-5-13(20)6-4-12)17(19)27(24,25)15-9-7-14(21)8-10-15/h3-10,16-17H,2H2,1H3/t16-,17-,19-/m1/s1. The Morgan fingerprint density at radius 1 is 1.11 bits per heavy atom. The zero-order valence-electron chi connectivity index (χ0n) is 14.2. The molecule has 1 aliphatic rings. The Hall–Kier alpha value is -2.07. The van der Waals surface area contributed by atoms with E-state index >= 15 is 0 Å². The van der Waals surface area contributed by atoms with Gasteiger partial charge in [0.15, 0.2) is 15.3 Å². The molecule has 0 aromatic heterocycles. The largest absolute Gasteiger partial charge is 0.465 e. The van der Waals surface area contributed by atoms with Crippen molar-refractivity contribution in [1.82, 2.24) is 0 Å². The molecule has 0 saturated heterocycles. The Kier molecular flexibility index (Phi) is 5.22. The lowest BCUT2D eigenvalue weighted by Gasteiger charge is -2.09. The van der Waals surface area contributed by atoms with Crippen molar-refractivity contribution in [3.8, 4) is 6.07 Å². The molecule has 27 heavy (non-hydrogen) atoms. The maximum absolute atomic E-state index is 13.2. The van der Waals surface area contributed by atoms with Crippen LogP contribution in [0.3, 0.4) is 0 Å². The Balaban J connectivity index is 2.12. The van der Waals surface area contributed by atoms with Crippen LogP contribution in [0.5, 0.6) is 0 Å². The lowest BCUT2D eigenvalue weighted by Crippen LogP contribution is -2.25. The number of sulfone groups is 1. The van der Waals surface area contributed by atoms with Gasteiger partial charge in [-0.3, -0.25) is 4.79 Å². The van der Waals surface area contributed by atoms with E-state index in [2.05, 4.69) is 0 Å². The van der Waals surface area contributed by atoms with Gasteiger partial charge in [0.1, 0.15) is 5.25 Å². The minimum absolute atomic E-state index is 0.00251. The monoisotopic (exact) mass is 423 g/mol. The number of rotatable bonds is 5. The van der Waals surface area contributed by atoms with Gasteiger partial charge in [-0.15, -0.1) is 0 Å². The van der Waals surface area contributed by atoms with E-state index in [0.717, 1.165) is 0 Å². The summed E-state index contributed by atoms with van der Waals surface area (Å²) in [4.78, 5) is 12.6. The third-order valence-electron chi connectivity index (χ3n) is 4.64. The second kappa shape index (κ2) is 7.16. The van der Waals surface area contributed by atoms with Crippen molar-refractivity contribution in [3.05, 3.63) is 64.1 Å². The quantitative estimate of drug-likeness (QED) is 0.678. The topological polar surface area (TPSA) is 84.2 Å². The van der Waals surface area contributed by atoms with E-state index in [-0.39, 0.29) is 11.5 Å². The van der Waals surface area contributed by atoms with Gasteiger partial charge < -0.3 is 4.74 Å². The maximum atomic E-state index is 13.2. The minimum Gasteiger partial charge on any atom is -0.465 e. The van der Waals surface area contributed by atoms with E-state index in [1.807, 2.05) is 6.07 Å². The molecule has 0 aliphatic heterocycles. The molecule has 0 amide bonds. The summed E-state index contributed by atoms with van der Waals surface area (Å²) in [7, 11) is -3.99. The highest BCUT2D eigenvalue weighted by molar-refractivity contribution is 7.92. The Morgan fingerprint density at radius 3 is 2.11 bits per heavy atom. The van der Waals surface area contributed by atoms with Crippen LogP contribution in [0.1, 0.15) is 18.4 Å². The van der Waals surface area contributed by atoms with Crippen LogP contribution in [0, 0.1) is 16.7 Å². The van der Waals surface area contributed by atoms with Gasteiger partial charge in [-0.05, 0) is 48.9 Å². The number of nitrogens with zero attached hydrogens (tertiary/aromatic N) is 1. The number of nitriles is 1. The third kappa shape index (κ3) is 3.20. The van der Waals surface area contributed by atoms with E-state index in [9.17, 15) is 18.5 Å². The molecular formula is C19H15Cl2NO4S. The van der Waals surface area contributed by atoms with Gasteiger partial charge >= 0.3 is 5.97 Å². The lowest BCUT2D eigenvalue weighted by molar-refractivity contribution is -0.147. The van der Waals surface area contributed by atoms with Gasteiger partial charge in [-0.25, -0.2) is 8.42 Å². The van der Waals surface area contributed by atoms with Crippen LogP contribution in [0.15, 0.2) is 53.4 Å². The Morgan fingerprint density at radius 2 is 1.63 bits per heavy atom. The predicted molar refractivity (Wildman–Crippen MR) is 101 cm³/mol. The molecular weight excluding hydrogens is 409 g/mol. The van der Waals surface area contributed by atoms with Gasteiger partial charge in [0, 0.05) is 16.0 Å². The molecule has 3 atom stereocenters. The molecule has 0 N–H and O–H groups in total. The number of benzene rings is 2. The molecule has 5 nitrogen and oxygen atoms in total. The summed E-state index contributed by atoms with van der Waals surface area (Å²) < 4.78 is 31.5. The summed E-state index contributed by atoms with van der Waals surface area (Å²) in [5, 5.41) is 9.40. The molecule has 1 aliphatic carbocycles. The summed E-state index contributed by atoms with van der Waals surface area (Å²) >= 11 is 11.7. The average molecular weight is 424 g/mol. The molecule has 0 bridgehead atoms. The summed E-state index contributed by atoms with van der Waals surface area (Å²) in [6.45, 7) is 1.65. The Bertz CT molecular complexity index is 1010. The molecule has 0 unspecified atom stereocenters. The summed E-state index contributed by atoms with van der Waals surface area (Å²) in [5.74, 6) is -1.69. The fourth-order valence-electron chi connectivity index (χ4n) is 3.33. The van der Waals surface area contributed by atoms with Crippen molar-refractivity contribution >= 4 is 39.0 Å². The molecule has 2 aromatic carbocycles. The van der Waals surface area contributed by atoms with E-state index in [1.54, 1.807) is 31.2 Å². The SMILES string of the molecule is CCOC(=O)[C@]1(C#N)[C@H](c2ccc(Cl)cc2)[C@H]1S(=O)(=O)c1ccc(Cl)cc1. The average Bonchev–Trinajstić information content (AvgIpc) is 3.34. The smallest absolute Gasteiger partial charge is 0.328 e. The lowest BCUT2D eigenvalue weighted by atomic mass is 10.0. The zero-order chi connectivity index (χ0) is 19.8. The fraction of sp³-hybridized carbons (Fsp3) is 0.263. The second-order valence-corrected chi connectivity index (χ2v) is 9.09. The molecule has 140 valence electrons. The number of hydrogen-bond donors (Lipinski definition) is 0. The highest BCUT2D eigenvalue weighted by Gasteiger charge is 2.77. The predicted octanol–water partition coefficient (Wildman–Crippen LogP) is 4.01. The van der Waals surface area contributed by atoms with Crippen LogP contribution in [0.2, 0.25) is 10.0 Å². The van der Waals surface area contributed by atoms with E-state index in [1.165, 1.54) is 24.3 Å². The number of halogens is 2. The van der Waals surface area contributed by atoms with Gasteiger partial charge in [0.2, 0.25) is 0 Å². The summed E-state index contributed by atoms with van der Waals surface area (Å²) in [6, 6.07) is 14.0. The molecule has 2 aromatic rings. The van der Waals surface area contributed by atoms with Crippen molar-refractivity contribution in [2.24, 2.45) is 5.41 Å². The number of hydrogen-bond acceptors (Lipinski definition) is 5. The molecule has 1 fully saturated rings. The number of carbonyl (C=O) groups excluding carboxylic acids is 1. The van der Waals surface area contributed by atoms with Gasteiger partial charge in [-0.1, -0.05) is 35.3 Å². The van der Waals surface area contributed by atoms with Crippen molar-refractivity contribution in [3.63, 3.8) is 0 Å². The Labute approximate surface area is 167 Å². The first-order valence-corrected chi connectivity index (χ1v) is 10.4. The first-order chi connectivity index (χ1) is 12.8. The molecule has 0 spiro atoms. The fourth-order valence-corrected chi connectivity index (χ4v) is 5.83. The third-order valence-corrected chi connectivity index (χ3v) is 7.38. The van der Waals surface area contributed by atoms with Crippen LogP contribution in [-0.4, -0.2) is 26.2 Å².